The number of anilines is 1. The maximum atomic E-state index is 12.2. The van der Waals surface area contributed by atoms with E-state index in [1.54, 1.807) is 16.7 Å². The summed E-state index contributed by atoms with van der Waals surface area (Å²) in [5, 5.41) is 0. The number of hydrogen-bond donors (Lipinski definition) is 0. The van der Waals surface area contributed by atoms with Gasteiger partial charge in [-0.2, -0.15) is 0 Å². The van der Waals surface area contributed by atoms with Crippen LogP contribution in [-0.4, -0.2) is 37.7 Å². The Morgan fingerprint density at radius 1 is 0.957 bits per heavy atom. The molecule has 4 heteroatoms. The first-order chi connectivity index (χ1) is 11.1. The van der Waals surface area contributed by atoms with E-state index in [1.807, 2.05) is 39.3 Å². The predicted octanol–water partition coefficient (Wildman–Crippen LogP) is 3.89. The number of carbonyl (C=O) groups excluding carboxylic acids is 1. The van der Waals surface area contributed by atoms with Crippen LogP contribution < -0.4 is 4.90 Å². The van der Waals surface area contributed by atoms with Crippen LogP contribution in [0.25, 0.3) is 0 Å². The second-order valence-electron chi connectivity index (χ2n) is 5.72. The molecule has 0 atom stereocenters. The van der Waals surface area contributed by atoms with E-state index in [-0.39, 0.29) is 5.91 Å². The molecule has 2 aromatic rings. The molecule has 0 heterocycles. The quantitative estimate of drug-likeness (QED) is 0.720. The molecule has 2 rings (SSSR count). The average molecular weight is 328 g/mol. The van der Waals surface area contributed by atoms with Gasteiger partial charge >= 0.3 is 0 Å². The molecule has 2 aromatic carbocycles. The molecule has 0 aliphatic rings. The van der Waals surface area contributed by atoms with E-state index in [1.165, 1.54) is 10.6 Å². The zero-order valence-corrected chi connectivity index (χ0v) is 14.8. The lowest BCUT2D eigenvalue weighted by atomic mass is 10.2. The summed E-state index contributed by atoms with van der Waals surface area (Å²) >= 11 is 1.72. The van der Waals surface area contributed by atoms with Gasteiger partial charge in [0.25, 0.3) is 0 Å². The minimum atomic E-state index is 0.185. The summed E-state index contributed by atoms with van der Waals surface area (Å²) in [6, 6.07) is 18.5. The zero-order chi connectivity index (χ0) is 16.7. The van der Waals surface area contributed by atoms with Gasteiger partial charge in [0, 0.05) is 50.4 Å². The summed E-state index contributed by atoms with van der Waals surface area (Å²) < 4.78 is 0. The van der Waals surface area contributed by atoms with Crippen molar-refractivity contribution in [2.75, 3.05) is 31.8 Å². The van der Waals surface area contributed by atoms with Crippen LogP contribution in [0.3, 0.4) is 0 Å². The predicted molar refractivity (Wildman–Crippen MR) is 99.0 cm³/mol. The molecule has 0 saturated carbocycles. The second kappa shape index (κ2) is 8.63. The van der Waals surface area contributed by atoms with Gasteiger partial charge in [-0.05, 0) is 29.8 Å². The Morgan fingerprint density at radius 3 is 2.22 bits per heavy atom. The molecular formula is C19H24N2OS. The molecule has 0 spiro atoms. The second-order valence-corrected chi connectivity index (χ2v) is 6.89. The van der Waals surface area contributed by atoms with Crippen LogP contribution in [0.2, 0.25) is 0 Å². The minimum absolute atomic E-state index is 0.185. The first-order valence-corrected chi connectivity index (χ1v) is 8.73. The normalized spacial score (nSPS) is 10.4. The van der Waals surface area contributed by atoms with Crippen LogP contribution in [0.15, 0.2) is 59.5 Å². The molecule has 3 nitrogen and oxygen atoms in total. The monoisotopic (exact) mass is 328 g/mol. The summed E-state index contributed by atoms with van der Waals surface area (Å²) in [7, 11) is 5.92. The van der Waals surface area contributed by atoms with E-state index in [0.717, 1.165) is 11.3 Å². The van der Waals surface area contributed by atoms with Crippen LogP contribution in [0.1, 0.15) is 12.0 Å². The van der Waals surface area contributed by atoms with Crippen molar-refractivity contribution in [1.82, 2.24) is 4.90 Å². The van der Waals surface area contributed by atoms with Gasteiger partial charge in [-0.3, -0.25) is 4.79 Å². The fraction of sp³-hybridized carbons (Fsp3) is 0.316. The molecule has 23 heavy (non-hydrogen) atoms. The first-order valence-electron chi connectivity index (χ1n) is 7.74. The Bertz CT molecular complexity index is 611. The van der Waals surface area contributed by atoms with Gasteiger partial charge in [0.05, 0.1) is 0 Å². The summed E-state index contributed by atoms with van der Waals surface area (Å²) in [6.45, 7) is 0.655. The van der Waals surface area contributed by atoms with Crippen molar-refractivity contribution in [3.63, 3.8) is 0 Å². The smallest absolute Gasteiger partial charge is 0.223 e. The molecule has 0 aromatic heterocycles. The van der Waals surface area contributed by atoms with E-state index < -0.39 is 0 Å². The number of carbonyl (C=O) groups is 1. The molecule has 122 valence electrons. The molecule has 0 saturated heterocycles. The van der Waals surface area contributed by atoms with Crippen LogP contribution in [0.4, 0.5) is 5.69 Å². The third-order valence-corrected chi connectivity index (χ3v) is 4.64. The van der Waals surface area contributed by atoms with Crippen molar-refractivity contribution in [2.24, 2.45) is 0 Å². The Hall–Kier alpha value is -1.94. The van der Waals surface area contributed by atoms with Gasteiger partial charge in [0.1, 0.15) is 0 Å². The molecule has 0 aliphatic carbocycles. The van der Waals surface area contributed by atoms with Crippen molar-refractivity contribution < 1.29 is 4.79 Å². The van der Waals surface area contributed by atoms with Crippen LogP contribution >= 0.6 is 11.8 Å². The lowest BCUT2D eigenvalue weighted by Crippen LogP contribution is -2.26. The number of nitrogens with zero attached hydrogens (tertiary/aromatic N) is 2. The van der Waals surface area contributed by atoms with Crippen LogP contribution in [0.5, 0.6) is 0 Å². The van der Waals surface area contributed by atoms with E-state index >= 15 is 0 Å². The van der Waals surface area contributed by atoms with E-state index in [0.29, 0.717) is 13.0 Å². The van der Waals surface area contributed by atoms with E-state index in [4.69, 9.17) is 0 Å². The maximum Gasteiger partial charge on any atom is 0.223 e. The Morgan fingerprint density at radius 2 is 1.61 bits per heavy atom. The first kappa shape index (κ1) is 17.4. The third-order valence-electron chi connectivity index (χ3n) is 3.63. The van der Waals surface area contributed by atoms with Crippen LogP contribution in [0, 0.1) is 0 Å². The van der Waals surface area contributed by atoms with Gasteiger partial charge in [-0.15, -0.1) is 11.8 Å². The Kier molecular flexibility index (Phi) is 6.53. The number of amides is 1. The van der Waals surface area contributed by atoms with Gasteiger partial charge < -0.3 is 9.80 Å². The molecule has 0 unspecified atom stereocenters. The summed E-state index contributed by atoms with van der Waals surface area (Å²) in [5.41, 5.74) is 2.32. The molecule has 1 amide bonds. The van der Waals surface area contributed by atoms with Gasteiger partial charge in [0.15, 0.2) is 0 Å². The maximum absolute atomic E-state index is 12.2. The Labute approximate surface area is 143 Å². The van der Waals surface area contributed by atoms with Crippen molar-refractivity contribution in [2.45, 2.75) is 17.9 Å². The lowest BCUT2D eigenvalue weighted by Gasteiger charge is -2.18. The highest BCUT2D eigenvalue weighted by Gasteiger charge is 2.09. The van der Waals surface area contributed by atoms with Crippen molar-refractivity contribution in [3.05, 3.63) is 60.2 Å². The lowest BCUT2D eigenvalue weighted by molar-refractivity contribution is -0.129. The summed E-state index contributed by atoms with van der Waals surface area (Å²) in [4.78, 5) is 17.3. The molecule has 0 bridgehead atoms. The number of hydrogen-bond acceptors (Lipinski definition) is 3. The SMILES string of the molecule is CN(Cc1ccc(N(C)C)cc1)C(=O)CCSc1ccccc1. The highest BCUT2D eigenvalue weighted by atomic mass is 32.2. The largest absolute Gasteiger partial charge is 0.378 e. The van der Waals surface area contributed by atoms with Gasteiger partial charge in [-0.1, -0.05) is 30.3 Å². The summed E-state index contributed by atoms with van der Waals surface area (Å²) in [6.07, 6.45) is 0.561. The van der Waals surface area contributed by atoms with E-state index in [2.05, 4.69) is 41.3 Å². The molecule has 0 aliphatic heterocycles. The van der Waals surface area contributed by atoms with Crippen LogP contribution in [-0.2, 0) is 11.3 Å². The average Bonchev–Trinajstić information content (AvgIpc) is 2.56. The highest BCUT2D eigenvalue weighted by molar-refractivity contribution is 7.99. The number of rotatable bonds is 7. The van der Waals surface area contributed by atoms with Crippen molar-refractivity contribution in [3.8, 4) is 0 Å². The van der Waals surface area contributed by atoms with Crippen molar-refractivity contribution >= 4 is 23.4 Å². The molecule has 0 fully saturated rings. The van der Waals surface area contributed by atoms with Crippen molar-refractivity contribution in [1.29, 1.82) is 0 Å². The molecular weight excluding hydrogens is 304 g/mol. The number of thioether (sulfide) groups is 1. The van der Waals surface area contributed by atoms with E-state index in [9.17, 15) is 4.79 Å². The third kappa shape index (κ3) is 5.64. The fourth-order valence-corrected chi connectivity index (χ4v) is 3.09. The summed E-state index contributed by atoms with van der Waals surface area (Å²) in [5.74, 6) is 0.998. The number of benzene rings is 2. The zero-order valence-electron chi connectivity index (χ0n) is 14.0. The standard InChI is InChI=1S/C19H24N2OS/c1-20(2)17-11-9-16(10-12-17)15-21(3)19(22)13-14-23-18-7-5-4-6-8-18/h4-12H,13-15H2,1-3H3. The minimum Gasteiger partial charge on any atom is -0.378 e. The topological polar surface area (TPSA) is 23.6 Å². The van der Waals surface area contributed by atoms with Gasteiger partial charge in [0.2, 0.25) is 5.91 Å². The van der Waals surface area contributed by atoms with Gasteiger partial charge in [-0.25, -0.2) is 0 Å². The molecule has 0 radical (unpaired) electrons. The highest BCUT2D eigenvalue weighted by Crippen LogP contribution is 2.18. The molecule has 0 N–H and O–H groups in total. The Balaban J connectivity index is 1.78. The fourth-order valence-electron chi connectivity index (χ4n) is 2.23.